The Morgan fingerprint density at radius 1 is 1.40 bits per heavy atom. The molecule has 0 saturated heterocycles. The fourth-order valence-corrected chi connectivity index (χ4v) is 2.60. The lowest BCUT2D eigenvalue weighted by molar-refractivity contribution is 0.152. The first-order chi connectivity index (χ1) is 7.36. The summed E-state index contributed by atoms with van der Waals surface area (Å²) in [5.74, 6) is 0. The van der Waals surface area contributed by atoms with Crippen molar-refractivity contribution < 1.29 is 4.74 Å². The first-order valence-electron chi connectivity index (χ1n) is 5.16. The third kappa shape index (κ3) is 5.66. The predicted molar refractivity (Wildman–Crippen MR) is 70.1 cm³/mol. The Morgan fingerprint density at radius 3 is 2.87 bits per heavy atom. The summed E-state index contributed by atoms with van der Waals surface area (Å²) in [7, 11) is 1.76. The van der Waals surface area contributed by atoms with Gasteiger partial charge in [0.1, 0.15) is 0 Å². The smallest absolute Gasteiger partial charge is 0.0589 e. The number of hydrogen-bond acceptors (Lipinski definition) is 3. The molecule has 0 spiro atoms. The minimum atomic E-state index is 0.817. The van der Waals surface area contributed by atoms with E-state index >= 15 is 0 Å². The zero-order valence-electron chi connectivity index (χ0n) is 9.12. The molecule has 1 rings (SSSR count). The fourth-order valence-electron chi connectivity index (χ4n) is 1.40. The molecule has 0 aliphatic rings. The monoisotopic (exact) mass is 291 g/mol. The Kier molecular flexibility index (Phi) is 7.26. The molecule has 4 heteroatoms. The number of methoxy groups -OCH3 is 1. The highest BCUT2D eigenvalue weighted by Crippen LogP contribution is 2.09. The zero-order chi connectivity index (χ0) is 10.9. The van der Waals surface area contributed by atoms with Crippen LogP contribution in [-0.2, 0) is 11.2 Å². The lowest BCUT2D eigenvalue weighted by Gasteiger charge is -2.20. The Hall–Kier alpha value is 0.1000. The summed E-state index contributed by atoms with van der Waals surface area (Å²) in [6.07, 6.45) is 1.15. The molecule has 1 aromatic heterocycles. The average molecular weight is 292 g/mol. The molecule has 0 radical (unpaired) electrons. The second-order valence-corrected chi connectivity index (χ2v) is 5.18. The lowest BCUT2D eigenvalue weighted by Crippen LogP contribution is -2.31. The number of ether oxygens (including phenoxy) is 1. The molecule has 0 aliphatic carbocycles. The second kappa shape index (κ2) is 8.28. The third-order valence-corrected chi connectivity index (χ3v) is 3.56. The van der Waals surface area contributed by atoms with Gasteiger partial charge in [-0.05, 0) is 17.9 Å². The van der Waals surface area contributed by atoms with Gasteiger partial charge in [-0.2, -0.15) is 0 Å². The van der Waals surface area contributed by atoms with Crippen LogP contribution in [0.2, 0.25) is 0 Å². The van der Waals surface area contributed by atoms with E-state index in [4.69, 9.17) is 4.74 Å². The largest absolute Gasteiger partial charge is 0.383 e. The number of thiophene rings is 1. The first kappa shape index (κ1) is 13.2. The normalized spacial score (nSPS) is 11.1. The Morgan fingerprint density at radius 2 is 2.27 bits per heavy atom. The van der Waals surface area contributed by atoms with E-state index in [1.165, 1.54) is 4.88 Å². The Bertz CT molecular complexity index is 241. The maximum Gasteiger partial charge on any atom is 0.0589 e. The van der Waals surface area contributed by atoms with Crippen LogP contribution in [0.1, 0.15) is 4.88 Å². The number of hydrogen-bond donors (Lipinski definition) is 0. The van der Waals surface area contributed by atoms with Crippen molar-refractivity contribution in [3.63, 3.8) is 0 Å². The molecular formula is C11H18BrNOS. The van der Waals surface area contributed by atoms with Crippen molar-refractivity contribution in [1.82, 2.24) is 4.90 Å². The third-order valence-electron chi connectivity index (χ3n) is 2.27. The van der Waals surface area contributed by atoms with E-state index in [0.717, 1.165) is 38.0 Å². The van der Waals surface area contributed by atoms with Gasteiger partial charge in [0.2, 0.25) is 0 Å². The van der Waals surface area contributed by atoms with E-state index < -0.39 is 0 Å². The number of nitrogens with zero attached hydrogens (tertiary/aromatic N) is 1. The van der Waals surface area contributed by atoms with Crippen molar-refractivity contribution in [2.45, 2.75) is 6.42 Å². The zero-order valence-corrected chi connectivity index (χ0v) is 11.5. The van der Waals surface area contributed by atoms with Crippen molar-refractivity contribution >= 4 is 27.3 Å². The van der Waals surface area contributed by atoms with Crippen LogP contribution in [0.3, 0.4) is 0 Å². The van der Waals surface area contributed by atoms with Crippen LogP contribution in [0.25, 0.3) is 0 Å². The quantitative estimate of drug-likeness (QED) is 0.683. The van der Waals surface area contributed by atoms with Crippen molar-refractivity contribution in [3.8, 4) is 0 Å². The van der Waals surface area contributed by atoms with Gasteiger partial charge in [-0.1, -0.05) is 22.0 Å². The molecule has 15 heavy (non-hydrogen) atoms. The highest BCUT2D eigenvalue weighted by Gasteiger charge is 2.04. The molecule has 0 atom stereocenters. The maximum absolute atomic E-state index is 5.10. The highest BCUT2D eigenvalue weighted by molar-refractivity contribution is 9.09. The molecule has 0 amide bonds. The van der Waals surface area contributed by atoms with Gasteiger partial charge in [0.15, 0.2) is 0 Å². The van der Waals surface area contributed by atoms with E-state index in [9.17, 15) is 0 Å². The van der Waals surface area contributed by atoms with Gasteiger partial charge in [0.25, 0.3) is 0 Å². The first-order valence-corrected chi connectivity index (χ1v) is 7.16. The minimum absolute atomic E-state index is 0.817. The van der Waals surface area contributed by atoms with Gasteiger partial charge >= 0.3 is 0 Å². The molecule has 0 aliphatic heterocycles. The lowest BCUT2D eigenvalue weighted by atomic mass is 10.3. The molecule has 0 aromatic carbocycles. The van der Waals surface area contributed by atoms with Crippen LogP contribution in [0.5, 0.6) is 0 Å². The van der Waals surface area contributed by atoms with Gasteiger partial charge in [-0.3, -0.25) is 4.90 Å². The minimum Gasteiger partial charge on any atom is -0.383 e. The van der Waals surface area contributed by atoms with E-state index in [2.05, 4.69) is 38.3 Å². The predicted octanol–water partition coefficient (Wildman–Crippen LogP) is 2.63. The topological polar surface area (TPSA) is 12.5 Å². The van der Waals surface area contributed by atoms with Crippen molar-refractivity contribution in [3.05, 3.63) is 22.4 Å². The van der Waals surface area contributed by atoms with E-state index in [1.54, 1.807) is 7.11 Å². The second-order valence-electron chi connectivity index (χ2n) is 3.35. The number of alkyl halides is 1. The maximum atomic E-state index is 5.10. The average Bonchev–Trinajstić information content (AvgIpc) is 2.75. The highest BCUT2D eigenvalue weighted by atomic mass is 79.9. The molecular weight excluding hydrogens is 274 g/mol. The van der Waals surface area contributed by atoms with Gasteiger partial charge in [0.05, 0.1) is 6.61 Å². The van der Waals surface area contributed by atoms with Gasteiger partial charge < -0.3 is 4.74 Å². The summed E-state index contributed by atoms with van der Waals surface area (Å²) in [5, 5.41) is 3.17. The van der Waals surface area contributed by atoms with Gasteiger partial charge in [0, 0.05) is 37.0 Å². The molecule has 0 N–H and O–H groups in total. The van der Waals surface area contributed by atoms with Crippen molar-refractivity contribution in [2.75, 3.05) is 38.7 Å². The molecule has 0 saturated carbocycles. The summed E-state index contributed by atoms with van der Waals surface area (Å²) in [4.78, 5) is 3.89. The summed E-state index contributed by atoms with van der Waals surface area (Å²) in [6.45, 7) is 4.05. The van der Waals surface area contributed by atoms with Crippen molar-refractivity contribution in [2.24, 2.45) is 0 Å². The van der Waals surface area contributed by atoms with E-state index in [-0.39, 0.29) is 0 Å². The molecule has 1 aromatic rings. The SMILES string of the molecule is COCCN(CCBr)CCc1cccs1. The van der Waals surface area contributed by atoms with E-state index in [0.29, 0.717) is 0 Å². The van der Waals surface area contributed by atoms with Crippen LogP contribution in [-0.4, -0.2) is 43.6 Å². The van der Waals surface area contributed by atoms with Gasteiger partial charge in [-0.25, -0.2) is 0 Å². The summed E-state index contributed by atoms with van der Waals surface area (Å²) in [6, 6.07) is 4.32. The van der Waals surface area contributed by atoms with Crippen LogP contribution in [0.4, 0.5) is 0 Å². The number of halogens is 1. The molecule has 1 heterocycles. The van der Waals surface area contributed by atoms with Gasteiger partial charge in [-0.15, -0.1) is 11.3 Å². The fraction of sp³-hybridized carbons (Fsp3) is 0.636. The molecule has 86 valence electrons. The molecule has 2 nitrogen and oxygen atoms in total. The van der Waals surface area contributed by atoms with Crippen molar-refractivity contribution in [1.29, 1.82) is 0 Å². The summed E-state index contributed by atoms with van der Waals surface area (Å²) in [5.41, 5.74) is 0. The summed E-state index contributed by atoms with van der Waals surface area (Å²) >= 11 is 5.32. The molecule has 0 bridgehead atoms. The standard InChI is InChI=1S/C11H18BrNOS/c1-14-9-8-13(7-5-12)6-4-11-3-2-10-15-11/h2-3,10H,4-9H2,1H3. The Balaban J connectivity index is 2.24. The Labute approximate surface area is 104 Å². The van der Waals surface area contributed by atoms with Crippen LogP contribution in [0.15, 0.2) is 17.5 Å². The summed E-state index contributed by atoms with van der Waals surface area (Å²) < 4.78 is 5.10. The molecule has 0 unspecified atom stereocenters. The molecule has 0 fully saturated rings. The van der Waals surface area contributed by atoms with Crippen LogP contribution in [0, 0.1) is 0 Å². The van der Waals surface area contributed by atoms with Crippen LogP contribution < -0.4 is 0 Å². The van der Waals surface area contributed by atoms with Crippen LogP contribution >= 0.6 is 27.3 Å². The van der Waals surface area contributed by atoms with E-state index in [1.807, 2.05) is 11.3 Å². The number of rotatable bonds is 8.